The number of nitrogens with zero attached hydrogens (tertiary/aromatic N) is 1. The van der Waals surface area contributed by atoms with Crippen molar-refractivity contribution in [3.05, 3.63) is 97.2 Å². The number of unbranched alkanes of at least 4 members (excludes halogenated alkanes) is 18. The van der Waals surface area contributed by atoms with E-state index in [4.69, 9.17) is 18.9 Å². The Morgan fingerprint density at radius 3 is 1.25 bits per heavy atom. The Morgan fingerprint density at radius 2 is 0.826 bits per heavy atom. The molecule has 0 aromatic heterocycles. The lowest BCUT2D eigenvalue weighted by Gasteiger charge is -2.26. The van der Waals surface area contributed by atoms with E-state index < -0.39 is 24.3 Å². The van der Waals surface area contributed by atoms with Gasteiger partial charge in [0.15, 0.2) is 12.4 Å². The lowest BCUT2D eigenvalue weighted by Crippen LogP contribution is -2.44. The molecule has 0 aliphatic rings. The predicted molar refractivity (Wildman–Crippen MR) is 287 cm³/mol. The molecular weight excluding hydrogens is 863 g/mol. The number of likely N-dealkylation sites (N-methyl/N-ethyl adjacent to an activating group) is 1. The summed E-state index contributed by atoms with van der Waals surface area (Å²) in [6, 6.07) is 0. The van der Waals surface area contributed by atoms with Gasteiger partial charge in [0, 0.05) is 12.8 Å². The molecule has 0 radical (unpaired) electrons. The van der Waals surface area contributed by atoms with Crippen molar-refractivity contribution >= 4 is 17.9 Å². The van der Waals surface area contributed by atoms with Gasteiger partial charge < -0.3 is 33.3 Å². The van der Waals surface area contributed by atoms with Crippen LogP contribution in [0.2, 0.25) is 0 Å². The maximum absolute atomic E-state index is 12.8. The van der Waals surface area contributed by atoms with Gasteiger partial charge in [0.1, 0.15) is 13.2 Å². The van der Waals surface area contributed by atoms with E-state index in [9.17, 15) is 19.5 Å². The Hall–Kier alpha value is -3.79. The van der Waals surface area contributed by atoms with Crippen LogP contribution >= 0.6 is 0 Å². The number of carbonyl (C=O) groups excluding carboxylic acids is 3. The molecule has 0 spiro atoms. The number of quaternary nitrogens is 1. The van der Waals surface area contributed by atoms with Crippen LogP contribution in [-0.2, 0) is 33.3 Å². The van der Waals surface area contributed by atoms with Crippen LogP contribution in [-0.4, -0.2) is 82.3 Å². The van der Waals surface area contributed by atoms with Gasteiger partial charge in [-0.2, -0.15) is 0 Å². The Morgan fingerprint density at radius 1 is 0.449 bits per heavy atom. The van der Waals surface area contributed by atoms with Gasteiger partial charge in [-0.05, 0) is 96.3 Å². The molecule has 0 aliphatic heterocycles. The van der Waals surface area contributed by atoms with Crippen LogP contribution in [0, 0.1) is 0 Å². The fraction of sp³-hybridized carbons (Fsp3) is 0.683. The molecule has 0 heterocycles. The van der Waals surface area contributed by atoms with E-state index in [0.29, 0.717) is 17.4 Å². The molecule has 0 amide bonds. The molecule has 9 heteroatoms. The number of hydrogen-bond donors (Lipinski definition) is 0. The zero-order chi connectivity index (χ0) is 50.6. The first-order chi connectivity index (χ1) is 33.6. The van der Waals surface area contributed by atoms with Crippen LogP contribution < -0.4 is 5.11 Å². The molecule has 2 unspecified atom stereocenters. The third-order valence-electron chi connectivity index (χ3n) is 11.3. The van der Waals surface area contributed by atoms with Crippen LogP contribution in [0.5, 0.6) is 0 Å². The van der Waals surface area contributed by atoms with Crippen molar-refractivity contribution in [3.63, 3.8) is 0 Å². The van der Waals surface area contributed by atoms with Crippen LogP contribution in [0.25, 0.3) is 0 Å². The van der Waals surface area contributed by atoms with Crippen molar-refractivity contribution in [2.75, 3.05) is 47.5 Å². The van der Waals surface area contributed by atoms with Gasteiger partial charge >= 0.3 is 11.9 Å². The minimum atomic E-state index is -1.63. The Labute approximate surface area is 422 Å². The molecule has 2 atom stereocenters. The van der Waals surface area contributed by atoms with Gasteiger partial charge in [0.2, 0.25) is 0 Å². The summed E-state index contributed by atoms with van der Waals surface area (Å²) in [4.78, 5) is 37.1. The van der Waals surface area contributed by atoms with Crippen molar-refractivity contribution in [1.29, 1.82) is 0 Å². The van der Waals surface area contributed by atoms with Gasteiger partial charge in [-0.1, -0.05) is 195 Å². The molecule has 0 N–H and O–H groups in total. The van der Waals surface area contributed by atoms with E-state index in [1.807, 2.05) is 21.1 Å². The molecule has 0 fully saturated rings. The molecule has 0 aliphatic carbocycles. The maximum Gasteiger partial charge on any atom is 0.306 e. The summed E-state index contributed by atoms with van der Waals surface area (Å²) in [5.74, 6) is -2.31. The monoisotopic (exact) mass is 964 g/mol. The number of hydrogen-bond acceptors (Lipinski definition) is 8. The summed E-state index contributed by atoms with van der Waals surface area (Å²) in [6.07, 6.45) is 64.5. The third kappa shape index (κ3) is 51.9. The number of ether oxygens (including phenoxy) is 4. The highest BCUT2D eigenvalue weighted by Gasteiger charge is 2.22. The molecule has 0 rings (SSSR count). The fourth-order valence-corrected chi connectivity index (χ4v) is 7.10. The van der Waals surface area contributed by atoms with Gasteiger partial charge in [0.25, 0.3) is 0 Å². The summed E-state index contributed by atoms with van der Waals surface area (Å²) in [5.41, 5.74) is 0. The topological polar surface area (TPSA) is 111 Å². The summed E-state index contributed by atoms with van der Waals surface area (Å²) < 4.78 is 22.6. The second-order valence-corrected chi connectivity index (χ2v) is 19.1. The molecule has 0 saturated heterocycles. The van der Waals surface area contributed by atoms with E-state index in [-0.39, 0.29) is 38.6 Å². The standard InChI is InChI=1S/C60H101NO8/c1-6-8-10-12-14-16-18-20-21-22-23-24-25-26-27-28-29-30-31-32-33-34-35-36-37-39-41-43-45-47-49-51-58(63)69-56(55-68-60(59(64)65)66-53-52-61(3,4)5)54-67-57(62)50-48-46-44-42-40-38-19-17-15-13-11-9-7-2/h8,10,14,16-17,19-21,23-24,26-27,29-30,32-33,56,60H,6-7,9,11-13,15,18,22,25,28,31,34-55H2,1-5H3/b10-8-,16-14-,19-17-,21-20-,24-23-,27-26-,30-29-,33-32-. The number of aliphatic carboxylic acids is 1. The third-order valence-corrected chi connectivity index (χ3v) is 11.3. The van der Waals surface area contributed by atoms with Crippen molar-refractivity contribution in [1.82, 2.24) is 0 Å². The predicted octanol–water partition coefficient (Wildman–Crippen LogP) is 14.4. The van der Waals surface area contributed by atoms with Crippen molar-refractivity contribution in [2.24, 2.45) is 0 Å². The zero-order valence-electron chi connectivity index (χ0n) is 44.6. The SMILES string of the molecule is CC/C=C\C/C=C\C/C=C\C/C=C\C/C=C\C/C=C\C/C=C\CCCCCCCCCCCC(=O)OC(COC(=O)CCCCCCC/C=C\CCCCCC)COC(OCC[N+](C)(C)C)C(=O)[O-]. The quantitative estimate of drug-likeness (QED) is 0.0195. The number of carbonyl (C=O) groups is 3. The first kappa shape index (κ1) is 65.2. The normalized spacial score (nSPS) is 13.6. The van der Waals surface area contributed by atoms with Crippen molar-refractivity contribution < 1.29 is 42.9 Å². The van der Waals surface area contributed by atoms with Crippen LogP contribution in [0.1, 0.15) is 206 Å². The van der Waals surface area contributed by atoms with Crippen LogP contribution in [0.4, 0.5) is 0 Å². The summed E-state index contributed by atoms with van der Waals surface area (Å²) in [5, 5.41) is 11.7. The average molecular weight is 964 g/mol. The van der Waals surface area contributed by atoms with Crippen LogP contribution in [0.15, 0.2) is 97.2 Å². The zero-order valence-corrected chi connectivity index (χ0v) is 44.6. The first-order valence-electron chi connectivity index (χ1n) is 27.4. The van der Waals surface area contributed by atoms with Gasteiger partial charge in [0.05, 0.1) is 40.3 Å². The Balaban J connectivity index is 4.25. The van der Waals surface area contributed by atoms with E-state index in [1.54, 1.807) is 0 Å². The molecule has 0 bridgehead atoms. The molecule has 394 valence electrons. The summed E-state index contributed by atoms with van der Waals surface area (Å²) in [7, 11) is 5.90. The lowest BCUT2D eigenvalue weighted by molar-refractivity contribution is -0.870. The second kappa shape index (κ2) is 50.6. The largest absolute Gasteiger partial charge is 0.545 e. The lowest BCUT2D eigenvalue weighted by atomic mass is 10.1. The fourth-order valence-electron chi connectivity index (χ4n) is 7.10. The molecule has 0 saturated carbocycles. The summed E-state index contributed by atoms with van der Waals surface area (Å²) >= 11 is 0. The minimum absolute atomic E-state index is 0.141. The van der Waals surface area contributed by atoms with Gasteiger partial charge in [-0.3, -0.25) is 9.59 Å². The van der Waals surface area contributed by atoms with Gasteiger partial charge in [-0.25, -0.2) is 0 Å². The molecule has 0 aromatic rings. The molecule has 0 aromatic carbocycles. The number of rotatable bonds is 49. The number of carboxylic acids is 1. The minimum Gasteiger partial charge on any atom is -0.545 e. The Kier molecular flexibility index (Phi) is 47.8. The van der Waals surface area contributed by atoms with E-state index in [0.717, 1.165) is 109 Å². The van der Waals surface area contributed by atoms with Crippen molar-refractivity contribution in [3.8, 4) is 0 Å². The first-order valence-corrected chi connectivity index (χ1v) is 27.4. The van der Waals surface area contributed by atoms with E-state index in [1.165, 1.54) is 64.2 Å². The number of esters is 2. The van der Waals surface area contributed by atoms with E-state index >= 15 is 0 Å². The maximum atomic E-state index is 12.8. The van der Waals surface area contributed by atoms with E-state index in [2.05, 4.69) is 111 Å². The average Bonchev–Trinajstić information content (AvgIpc) is 3.31. The Bertz CT molecular complexity index is 1450. The molecular formula is C60H101NO8. The summed E-state index contributed by atoms with van der Waals surface area (Å²) in [6.45, 7) is 4.58. The van der Waals surface area contributed by atoms with Crippen LogP contribution in [0.3, 0.4) is 0 Å². The highest BCUT2D eigenvalue weighted by atomic mass is 16.7. The number of allylic oxidation sites excluding steroid dienone is 16. The van der Waals surface area contributed by atoms with Crippen molar-refractivity contribution in [2.45, 2.75) is 219 Å². The second-order valence-electron chi connectivity index (χ2n) is 19.1. The smallest absolute Gasteiger partial charge is 0.306 e. The molecule has 69 heavy (non-hydrogen) atoms. The molecule has 9 nitrogen and oxygen atoms in total. The highest BCUT2D eigenvalue weighted by molar-refractivity contribution is 5.70. The van der Waals surface area contributed by atoms with Gasteiger partial charge in [-0.15, -0.1) is 0 Å². The highest BCUT2D eigenvalue weighted by Crippen LogP contribution is 2.14. The number of carboxylic acid groups (broad SMARTS) is 1.